The first-order valence-electron chi connectivity index (χ1n) is 5.71. The van der Waals surface area contributed by atoms with Crippen molar-refractivity contribution in [3.63, 3.8) is 0 Å². The second kappa shape index (κ2) is 9.56. The van der Waals surface area contributed by atoms with E-state index in [4.69, 9.17) is 0 Å². The molecular formula is C15H11Cl2N3Ru. The average Bonchev–Trinajstić information content (AvgIpc) is 2.49. The molecule has 3 aromatic heterocycles. The summed E-state index contributed by atoms with van der Waals surface area (Å²) < 4.78 is 0. The van der Waals surface area contributed by atoms with Crippen LogP contribution in [0.1, 0.15) is 0 Å². The van der Waals surface area contributed by atoms with E-state index in [1.54, 1.807) is 18.6 Å². The van der Waals surface area contributed by atoms with Gasteiger partial charge in [0.05, 0.1) is 5.69 Å². The zero-order valence-corrected chi connectivity index (χ0v) is 14.1. The molecule has 0 aliphatic heterocycles. The molecule has 3 heterocycles. The Balaban J connectivity index is 0.00000133. The maximum atomic E-state index is 4.46. The van der Waals surface area contributed by atoms with Gasteiger partial charge in [-0.15, -0.1) is 0 Å². The van der Waals surface area contributed by atoms with E-state index in [0.717, 1.165) is 22.4 Å². The minimum atomic E-state index is 0. The van der Waals surface area contributed by atoms with E-state index in [2.05, 4.69) is 15.0 Å². The van der Waals surface area contributed by atoms with Gasteiger partial charge in [0.2, 0.25) is 0 Å². The summed E-state index contributed by atoms with van der Waals surface area (Å²) in [6.45, 7) is 0. The molecule has 3 aromatic rings. The second-order valence-corrected chi connectivity index (χ2v) is 3.88. The van der Waals surface area contributed by atoms with Gasteiger partial charge in [-0.25, -0.2) is 0 Å². The quantitative estimate of drug-likeness (QED) is 0.433. The SMILES string of the molecule is [Cl-].[Cl-].[Ru+2].c1cncc(-c2cccnc2-c2cccnc2)c1. The van der Waals surface area contributed by atoms with Crippen molar-refractivity contribution in [2.75, 3.05) is 0 Å². The van der Waals surface area contributed by atoms with Gasteiger partial charge in [0, 0.05) is 47.7 Å². The number of hydrogen-bond acceptors (Lipinski definition) is 3. The van der Waals surface area contributed by atoms with Crippen LogP contribution in [0.3, 0.4) is 0 Å². The Morgan fingerprint density at radius 3 is 1.81 bits per heavy atom. The molecule has 0 saturated heterocycles. The van der Waals surface area contributed by atoms with Gasteiger partial charge in [-0.05, 0) is 24.3 Å². The van der Waals surface area contributed by atoms with Gasteiger partial charge in [-0.1, -0.05) is 12.1 Å². The molecule has 0 aliphatic carbocycles. The van der Waals surface area contributed by atoms with Gasteiger partial charge >= 0.3 is 19.5 Å². The molecule has 0 amide bonds. The average molecular weight is 405 g/mol. The maximum Gasteiger partial charge on any atom is 2.00 e. The molecule has 3 nitrogen and oxygen atoms in total. The normalized spacial score (nSPS) is 8.76. The molecule has 0 spiro atoms. The topological polar surface area (TPSA) is 38.7 Å². The number of hydrogen-bond donors (Lipinski definition) is 0. The predicted octanol–water partition coefficient (Wildman–Crippen LogP) is -2.79. The molecule has 0 aliphatic rings. The first-order valence-corrected chi connectivity index (χ1v) is 5.71. The van der Waals surface area contributed by atoms with Crippen molar-refractivity contribution in [1.29, 1.82) is 0 Å². The third kappa shape index (κ3) is 4.57. The Morgan fingerprint density at radius 1 is 0.667 bits per heavy atom. The van der Waals surface area contributed by atoms with Crippen LogP contribution in [0.5, 0.6) is 0 Å². The molecule has 3 rings (SSSR count). The molecule has 0 aromatic carbocycles. The summed E-state index contributed by atoms with van der Waals surface area (Å²) in [6, 6.07) is 11.9. The van der Waals surface area contributed by atoms with Crippen molar-refractivity contribution in [3.8, 4) is 22.4 Å². The summed E-state index contributed by atoms with van der Waals surface area (Å²) in [5.74, 6) is 0. The summed E-state index contributed by atoms with van der Waals surface area (Å²) in [5, 5.41) is 0. The largest absolute Gasteiger partial charge is 2.00 e. The van der Waals surface area contributed by atoms with E-state index in [1.807, 2.05) is 48.8 Å². The summed E-state index contributed by atoms with van der Waals surface area (Å²) in [5.41, 5.74) is 4.07. The van der Waals surface area contributed by atoms with Gasteiger partial charge in [0.1, 0.15) is 0 Å². The summed E-state index contributed by atoms with van der Waals surface area (Å²) in [4.78, 5) is 12.8. The molecule has 0 atom stereocenters. The van der Waals surface area contributed by atoms with Crippen LogP contribution in [-0.4, -0.2) is 15.0 Å². The van der Waals surface area contributed by atoms with Crippen LogP contribution in [-0.2, 0) is 19.5 Å². The third-order valence-corrected chi connectivity index (χ3v) is 2.72. The molecule has 21 heavy (non-hydrogen) atoms. The standard InChI is InChI=1S/C15H11N3.2ClH.Ru/c1-4-12(10-16-7-1)14-6-3-9-18-15(14)13-5-2-8-17-11-13;;;/h1-11H;2*1H;/q;;;+2/p-2. The molecule has 108 valence electrons. The number of halogens is 2. The summed E-state index contributed by atoms with van der Waals surface area (Å²) in [7, 11) is 0. The van der Waals surface area contributed by atoms with Crippen LogP contribution in [0.2, 0.25) is 0 Å². The fourth-order valence-electron chi connectivity index (χ4n) is 1.89. The van der Waals surface area contributed by atoms with Crippen molar-refractivity contribution >= 4 is 0 Å². The van der Waals surface area contributed by atoms with Crippen LogP contribution in [0.15, 0.2) is 67.4 Å². The molecule has 6 heteroatoms. The van der Waals surface area contributed by atoms with E-state index < -0.39 is 0 Å². The molecule has 0 saturated carbocycles. The Hall–Kier alpha value is -1.35. The fourth-order valence-corrected chi connectivity index (χ4v) is 1.89. The predicted molar refractivity (Wildman–Crippen MR) is 70.7 cm³/mol. The molecule has 0 N–H and O–H groups in total. The van der Waals surface area contributed by atoms with E-state index >= 15 is 0 Å². The number of pyridine rings is 3. The van der Waals surface area contributed by atoms with Crippen LogP contribution < -0.4 is 24.8 Å². The molecular weight excluding hydrogens is 394 g/mol. The molecule has 0 bridgehead atoms. The minimum absolute atomic E-state index is 0. The van der Waals surface area contributed by atoms with Crippen molar-refractivity contribution in [2.45, 2.75) is 0 Å². The minimum Gasteiger partial charge on any atom is -1.00 e. The second-order valence-electron chi connectivity index (χ2n) is 3.88. The summed E-state index contributed by atoms with van der Waals surface area (Å²) in [6.07, 6.45) is 8.99. The number of aromatic nitrogens is 3. The van der Waals surface area contributed by atoms with Gasteiger partial charge in [-0.2, -0.15) is 0 Å². The van der Waals surface area contributed by atoms with Crippen LogP contribution in [0.25, 0.3) is 22.4 Å². The van der Waals surface area contributed by atoms with Gasteiger partial charge in [0.25, 0.3) is 0 Å². The Bertz CT molecular complexity index is 593. The molecule has 0 unspecified atom stereocenters. The molecule has 0 fully saturated rings. The van der Waals surface area contributed by atoms with E-state index in [1.165, 1.54) is 0 Å². The zero-order chi connectivity index (χ0) is 12.2. The van der Waals surface area contributed by atoms with Crippen molar-refractivity contribution in [1.82, 2.24) is 15.0 Å². The van der Waals surface area contributed by atoms with E-state index in [0.29, 0.717) is 0 Å². The zero-order valence-electron chi connectivity index (χ0n) is 10.8. The van der Waals surface area contributed by atoms with Gasteiger partial charge < -0.3 is 24.8 Å². The fraction of sp³-hybridized carbons (Fsp3) is 0. The van der Waals surface area contributed by atoms with Crippen molar-refractivity contribution < 1.29 is 44.3 Å². The van der Waals surface area contributed by atoms with Crippen molar-refractivity contribution in [2.24, 2.45) is 0 Å². The monoisotopic (exact) mass is 405 g/mol. The smallest absolute Gasteiger partial charge is 1.00 e. The first-order chi connectivity index (χ1) is 8.95. The van der Waals surface area contributed by atoms with Crippen LogP contribution >= 0.6 is 0 Å². The molecule has 0 radical (unpaired) electrons. The number of nitrogens with zero attached hydrogens (tertiary/aromatic N) is 3. The third-order valence-electron chi connectivity index (χ3n) is 2.72. The Labute approximate surface area is 148 Å². The van der Waals surface area contributed by atoms with Crippen LogP contribution in [0.4, 0.5) is 0 Å². The Kier molecular flexibility index (Phi) is 8.95. The van der Waals surface area contributed by atoms with Crippen molar-refractivity contribution in [3.05, 3.63) is 67.4 Å². The number of rotatable bonds is 2. The Morgan fingerprint density at radius 2 is 1.24 bits per heavy atom. The van der Waals surface area contributed by atoms with Gasteiger partial charge in [-0.3, -0.25) is 15.0 Å². The maximum absolute atomic E-state index is 4.46. The first kappa shape index (κ1) is 19.7. The van der Waals surface area contributed by atoms with E-state index in [9.17, 15) is 0 Å². The summed E-state index contributed by atoms with van der Waals surface area (Å²) >= 11 is 0. The van der Waals surface area contributed by atoms with Crippen LogP contribution in [0, 0.1) is 0 Å². The van der Waals surface area contributed by atoms with E-state index in [-0.39, 0.29) is 44.3 Å². The van der Waals surface area contributed by atoms with Gasteiger partial charge in [0.15, 0.2) is 0 Å².